The Kier molecular flexibility index (Phi) is 2.59. The number of carbonyl (C=O) groups excluding carboxylic acids is 2. The lowest BCUT2D eigenvalue weighted by molar-refractivity contribution is -0.142. The van der Waals surface area contributed by atoms with E-state index in [2.05, 4.69) is 0 Å². The molecule has 1 heterocycles. The summed E-state index contributed by atoms with van der Waals surface area (Å²) in [6.07, 6.45) is 3.36. The minimum Gasteiger partial charge on any atom is -0.278 e. The molecule has 0 aromatic heterocycles. The van der Waals surface area contributed by atoms with Crippen molar-refractivity contribution in [1.29, 1.82) is 5.26 Å². The summed E-state index contributed by atoms with van der Waals surface area (Å²) in [6, 6.07) is 1.89. The van der Waals surface area contributed by atoms with Crippen molar-refractivity contribution in [3.05, 3.63) is 12.2 Å². The second-order valence-electron chi connectivity index (χ2n) is 2.40. The molecule has 0 spiro atoms. The van der Waals surface area contributed by atoms with E-state index in [0.717, 1.165) is 4.90 Å². The molecule has 4 heteroatoms. The van der Waals surface area contributed by atoms with Crippen molar-refractivity contribution in [1.82, 2.24) is 4.90 Å². The van der Waals surface area contributed by atoms with Gasteiger partial charge in [-0.2, -0.15) is 5.26 Å². The van der Waals surface area contributed by atoms with Gasteiger partial charge in [-0.15, -0.1) is 0 Å². The van der Waals surface area contributed by atoms with E-state index in [0.29, 0.717) is 0 Å². The van der Waals surface area contributed by atoms with E-state index >= 15 is 0 Å². The van der Waals surface area contributed by atoms with E-state index in [-0.39, 0.29) is 31.2 Å². The van der Waals surface area contributed by atoms with Gasteiger partial charge in [0.1, 0.15) is 0 Å². The molecular formula is C8H8N2O2. The molecule has 0 aromatic rings. The monoisotopic (exact) mass is 164 g/mol. The lowest BCUT2D eigenvalue weighted by Crippen LogP contribution is -2.38. The highest BCUT2D eigenvalue weighted by molar-refractivity contribution is 6.04. The standard InChI is InChI=1S/C8H8N2O2/c9-5-2-6-10-7(11)3-1-4-8(10)12/h1,3H,2,4,6H2. The van der Waals surface area contributed by atoms with Gasteiger partial charge in [-0.05, 0) is 0 Å². The fraction of sp³-hybridized carbons (Fsp3) is 0.375. The molecule has 2 amide bonds. The molecule has 1 aliphatic rings. The maximum Gasteiger partial charge on any atom is 0.252 e. The number of hydrogen-bond donors (Lipinski definition) is 0. The molecular weight excluding hydrogens is 156 g/mol. The van der Waals surface area contributed by atoms with Crippen molar-refractivity contribution in [2.75, 3.05) is 6.54 Å². The van der Waals surface area contributed by atoms with Gasteiger partial charge in [-0.3, -0.25) is 14.5 Å². The predicted molar refractivity (Wildman–Crippen MR) is 40.7 cm³/mol. The molecule has 0 saturated heterocycles. The first kappa shape index (κ1) is 8.47. The lowest BCUT2D eigenvalue weighted by atomic mass is 10.2. The summed E-state index contributed by atoms with van der Waals surface area (Å²) in [7, 11) is 0. The Morgan fingerprint density at radius 2 is 2.33 bits per heavy atom. The molecule has 0 bridgehead atoms. The Morgan fingerprint density at radius 1 is 1.58 bits per heavy atom. The maximum absolute atomic E-state index is 11.1. The maximum atomic E-state index is 11.1. The number of rotatable bonds is 2. The van der Waals surface area contributed by atoms with Crippen LogP contribution in [0, 0.1) is 11.3 Å². The normalized spacial score (nSPS) is 16.4. The van der Waals surface area contributed by atoms with Gasteiger partial charge in [0.25, 0.3) is 5.91 Å². The Hall–Kier alpha value is -1.63. The van der Waals surface area contributed by atoms with Crippen LogP contribution in [-0.2, 0) is 9.59 Å². The fourth-order valence-corrected chi connectivity index (χ4v) is 0.980. The molecule has 62 valence electrons. The van der Waals surface area contributed by atoms with Crippen LogP contribution in [0.2, 0.25) is 0 Å². The van der Waals surface area contributed by atoms with Gasteiger partial charge in [-0.1, -0.05) is 6.08 Å². The van der Waals surface area contributed by atoms with Crippen LogP contribution in [-0.4, -0.2) is 23.3 Å². The fourth-order valence-electron chi connectivity index (χ4n) is 0.980. The third kappa shape index (κ3) is 1.70. The van der Waals surface area contributed by atoms with Gasteiger partial charge in [0.05, 0.1) is 12.5 Å². The quantitative estimate of drug-likeness (QED) is 0.548. The summed E-state index contributed by atoms with van der Waals surface area (Å²) < 4.78 is 0. The third-order valence-corrected chi connectivity index (χ3v) is 1.57. The molecule has 0 N–H and O–H groups in total. The number of nitrogens with zero attached hydrogens (tertiary/aromatic N) is 2. The highest BCUT2D eigenvalue weighted by atomic mass is 16.2. The Morgan fingerprint density at radius 3 is 2.92 bits per heavy atom. The second kappa shape index (κ2) is 3.67. The van der Waals surface area contributed by atoms with Gasteiger partial charge in [0.2, 0.25) is 5.91 Å². The third-order valence-electron chi connectivity index (χ3n) is 1.57. The molecule has 0 saturated carbocycles. The van der Waals surface area contributed by atoms with Crippen molar-refractivity contribution >= 4 is 11.8 Å². The lowest BCUT2D eigenvalue weighted by Gasteiger charge is -2.19. The van der Waals surface area contributed by atoms with Gasteiger partial charge in [-0.25, -0.2) is 0 Å². The topological polar surface area (TPSA) is 61.2 Å². The molecule has 12 heavy (non-hydrogen) atoms. The van der Waals surface area contributed by atoms with Crippen LogP contribution in [0.1, 0.15) is 12.8 Å². The minimum atomic E-state index is -0.318. The zero-order valence-corrected chi connectivity index (χ0v) is 6.49. The Labute approximate surface area is 70.1 Å². The molecule has 0 unspecified atom stereocenters. The molecule has 0 aliphatic carbocycles. The summed E-state index contributed by atoms with van der Waals surface area (Å²) in [5.74, 6) is -0.542. The molecule has 0 atom stereocenters. The van der Waals surface area contributed by atoms with E-state index in [1.165, 1.54) is 12.2 Å². The van der Waals surface area contributed by atoms with E-state index in [4.69, 9.17) is 5.26 Å². The number of nitriles is 1. The highest BCUT2D eigenvalue weighted by Crippen LogP contribution is 2.04. The van der Waals surface area contributed by atoms with Gasteiger partial charge in [0, 0.05) is 19.0 Å². The number of carbonyl (C=O) groups is 2. The first-order chi connectivity index (χ1) is 5.75. The van der Waals surface area contributed by atoms with Crippen LogP contribution in [0.5, 0.6) is 0 Å². The van der Waals surface area contributed by atoms with Crippen molar-refractivity contribution in [3.8, 4) is 6.07 Å². The number of imide groups is 1. The average molecular weight is 164 g/mol. The van der Waals surface area contributed by atoms with Crippen LogP contribution in [0.15, 0.2) is 12.2 Å². The second-order valence-corrected chi connectivity index (χ2v) is 2.40. The van der Waals surface area contributed by atoms with Crippen LogP contribution in [0.25, 0.3) is 0 Å². The van der Waals surface area contributed by atoms with E-state index in [9.17, 15) is 9.59 Å². The summed E-state index contributed by atoms with van der Waals surface area (Å²) in [6.45, 7) is 0.207. The van der Waals surface area contributed by atoms with Crippen LogP contribution in [0.3, 0.4) is 0 Å². The first-order valence-corrected chi connectivity index (χ1v) is 3.63. The number of amides is 2. The summed E-state index contributed by atoms with van der Waals surface area (Å²) in [5.41, 5.74) is 0. The highest BCUT2D eigenvalue weighted by Gasteiger charge is 2.20. The van der Waals surface area contributed by atoms with Crippen LogP contribution in [0.4, 0.5) is 0 Å². The first-order valence-electron chi connectivity index (χ1n) is 3.63. The Bertz CT molecular complexity index is 275. The molecule has 4 nitrogen and oxygen atoms in total. The molecule has 0 radical (unpaired) electrons. The van der Waals surface area contributed by atoms with Crippen molar-refractivity contribution in [2.24, 2.45) is 0 Å². The van der Waals surface area contributed by atoms with Crippen molar-refractivity contribution < 1.29 is 9.59 Å². The smallest absolute Gasteiger partial charge is 0.252 e. The summed E-state index contributed by atoms with van der Waals surface area (Å²) >= 11 is 0. The van der Waals surface area contributed by atoms with Gasteiger partial charge >= 0.3 is 0 Å². The molecule has 1 aliphatic heterocycles. The van der Waals surface area contributed by atoms with E-state index in [1.54, 1.807) is 0 Å². The largest absolute Gasteiger partial charge is 0.278 e. The molecule has 1 rings (SSSR count). The Balaban J connectivity index is 2.62. The summed E-state index contributed by atoms with van der Waals surface area (Å²) in [4.78, 5) is 23.2. The van der Waals surface area contributed by atoms with Gasteiger partial charge in [0.15, 0.2) is 0 Å². The molecule has 0 aromatic carbocycles. The molecule has 0 fully saturated rings. The van der Waals surface area contributed by atoms with Gasteiger partial charge < -0.3 is 0 Å². The predicted octanol–water partition coefficient (Wildman–Crippen LogP) is 0.215. The average Bonchev–Trinajstić information content (AvgIpc) is 2.04. The van der Waals surface area contributed by atoms with E-state index < -0.39 is 0 Å². The van der Waals surface area contributed by atoms with Crippen LogP contribution >= 0.6 is 0 Å². The SMILES string of the molecule is N#CCCN1C(=O)C=CCC1=O. The zero-order chi connectivity index (χ0) is 8.97. The van der Waals surface area contributed by atoms with Crippen LogP contribution < -0.4 is 0 Å². The summed E-state index contributed by atoms with van der Waals surface area (Å²) in [5, 5.41) is 8.25. The minimum absolute atomic E-state index is 0.200. The van der Waals surface area contributed by atoms with Crippen molar-refractivity contribution in [3.63, 3.8) is 0 Å². The zero-order valence-electron chi connectivity index (χ0n) is 6.49. The number of hydrogen-bond acceptors (Lipinski definition) is 3. The van der Waals surface area contributed by atoms with Crippen molar-refractivity contribution in [2.45, 2.75) is 12.8 Å². The van der Waals surface area contributed by atoms with E-state index in [1.807, 2.05) is 6.07 Å².